The second-order valence-electron chi connectivity index (χ2n) is 5.48. The molecule has 3 rings (SSSR count). The first kappa shape index (κ1) is 18.6. The smallest absolute Gasteiger partial charge is 0.244 e. The minimum absolute atomic E-state index is 0.155. The van der Waals surface area contributed by atoms with Crippen LogP contribution in [-0.2, 0) is 10.0 Å². The van der Waals surface area contributed by atoms with E-state index in [9.17, 15) is 8.42 Å². The molecule has 136 valence electrons. The normalized spacial score (nSPS) is 12.7. The van der Waals surface area contributed by atoms with Crippen molar-refractivity contribution < 1.29 is 17.7 Å². The van der Waals surface area contributed by atoms with E-state index >= 15 is 0 Å². The topological polar surface area (TPSA) is 94.3 Å². The lowest BCUT2D eigenvalue weighted by molar-refractivity contribution is 0.354. The molecule has 2 aromatic carbocycles. The molecular weight excluding hydrogens is 422 g/mol. The van der Waals surface area contributed by atoms with Crippen molar-refractivity contribution >= 4 is 26.0 Å². The monoisotopic (exact) mass is 437 g/mol. The summed E-state index contributed by atoms with van der Waals surface area (Å²) in [6.07, 6.45) is 0. The molecule has 0 unspecified atom stereocenters. The second-order valence-corrected chi connectivity index (χ2v) is 8.11. The van der Waals surface area contributed by atoms with Gasteiger partial charge in [0.1, 0.15) is 5.75 Å². The number of nitrogens with one attached hydrogen (secondary N) is 1. The highest BCUT2D eigenvalue weighted by atomic mass is 79.9. The summed E-state index contributed by atoms with van der Waals surface area (Å²) in [5.41, 5.74) is 0.740. The maximum Gasteiger partial charge on any atom is 0.244 e. The third-order valence-electron chi connectivity index (χ3n) is 3.62. The molecule has 0 bridgehead atoms. The number of nitrogens with zero attached hydrogens (tertiary/aromatic N) is 2. The fraction of sp³-hybridized carbons (Fsp3) is 0.176. The van der Waals surface area contributed by atoms with Crippen LogP contribution in [0.15, 0.2) is 62.4 Å². The van der Waals surface area contributed by atoms with E-state index in [4.69, 9.17) is 9.26 Å². The Kier molecular flexibility index (Phi) is 5.40. The van der Waals surface area contributed by atoms with Gasteiger partial charge in [-0.15, -0.1) is 0 Å². The van der Waals surface area contributed by atoms with Gasteiger partial charge in [0, 0.05) is 10.0 Å². The number of hydrogen-bond acceptors (Lipinski definition) is 6. The minimum atomic E-state index is -3.70. The van der Waals surface area contributed by atoms with Crippen molar-refractivity contribution in [2.45, 2.75) is 17.9 Å². The molecule has 0 amide bonds. The van der Waals surface area contributed by atoms with E-state index in [1.165, 1.54) is 12.1 Å². The van der Waals surface area contributed by atoms with E-state index in [0.717, 1.165) is 10.0 Å². The highest BCUT2D eigenvalue weighted by molar-refractivity contribution is 9.10. The Morgan fingerprint density at radius 3 is 2.38 bits per heavy atom. The Labute approximate surface area is 159 Å². The average molecular weight is 438 g/mol. The van der Waals surface area contributed by atoms with E-state index in [2.05, 4.69) is 30.8 Å². The van der Waals surface area contributed by atoms with Crippen molar-refractivity contribution in [2.24, 2.45) is 0 Å². The molecule has 0 spiro atoms. The molecule has 1 aromatic heterocycles. The molecule has 26 heavy (non-hydrogen) atoms. The third-order valence-corrected chi connectivity index (χ3v) is 5.70. The number of sulfonamides is 1. The summed E-state index contributed by atoms with van der Waals surface area (Å²) in [6.45, 7) is 1.64. The Bertz CT molecular complexity index is 986. The molecule has 1 heterocycles. The number of methoxy groups -OCH3 is 1. The van der Waals surface area contributed by atoms with Crippen molar-refractivity contribution in [3.8, 4) is 17.1 Å². The number of ether oxygens (including phenoxy) is 1. The van der Waals surface area contributed by atoms with Crippen LogP contribution >= 0.6 is 15.9 Å². The van der Waals surface area contributed by atoms with Crippen molar-refractivity contribution in [1.29, 1.82) is 0 Å². The van der Waals surface area contributed by atoms with Gasteiger partial charge in [0.05, 0.1) is 18.0 Å². The highest BCUT2D eigenvalue weighted by Crippen LogP contribution is 2.22. The molecule has 0 aliphatic rings. The molecular formula is C17H16BrN3O4S. The molecule has 0 fully saturated rings. The van der Waals surface area contributed by atoms with Gasteiger partial charge in [-0.2, -0.15) is 9.71 Å². The SMILES string of the molecule is COc1ccc(-c2noc([C@H](C)NS(=O)(=O)c3ccc(Br)cc3)n2)cc1. The highest BCUT2D eigenvalue weighted by Gasteiger charge is 2.22. The van der Waals surface area contributed by atoms with Gasteiger partial charge in [-0.1, -0.05) is 21.1 Å². The minimum Gasteiger partial charge on any atom is -0.497 e. The zero-order chi connectivity index (χ0) is 18.7. The van der Waals surface area contributed by atoms with Gasteiger partial charge in [0.25, 0.3) is 0 Å². The van der Waals surface area contributed by atoms with E-state index in [0.29, 0.717) is 11.6 Å². The lowest BCUT2D eigenvalue weighted by atomic mass is 10.2. The summed E-state index contributed by atoms with van der Waals surface area (Å²) in [6, 6.07) is 12.8. The summed E-state index contributed by atoms with van der Waals surface area (Å²) in [4.78, 5) is 4.43. The predicted octanol–water partition coefficient (Wildman–Crippen LogP) is 3.55. The molecule has 1 atom stereocenters. The molecule has 3 aromatic rings. The zero-order valence-electron chi connectivity index (χ0n) is 14.0. The fourth-order valence-corrected chi connectivity index (χ4v) is 3.69. The van der Waals surface area contributed by atoms with Gasteiger partial charge in [-0.3, -0.25) is 0 Å². The Hall–Kier alpha value is -2.23. The molecule has 0 saturated heterocycles. The van der Waals surface area contributed by atoms with E-state index in [1.807, 2.05) is 0 Å². The van der Waals surface area contributed by atoms with Crippen LogP contribution in [0.1, 0.15) is 18.9 Å². The number of halogens is 1. The number of hydrogen-bond donors (Lipinski definition) is 1. The van der Waals surface area contributed by atoms with Gasteiger partial charge >= 0.3 is 0 Å². The molecule has 7 nitrogen and oxygen atoms in total. The van der Waals surface area contributed by atoms with Crippen molar-refractivity contribution in [3.05, 3.63) is 58.9 Å². The maximum absolute atomic E-state index is 12.4. The number of benzene rings is 2. The summed E-state index contributed by atoms with van der Waals surface area (Å²) in [5.74, 6) is 1.27. The Morgan fingerprint density at radius 2 is 1.77 bits per heavy atom. The largest absolute Gasteiger partial charge is 0.497 e. The number of rotatable bonds is 6. The molecule has 1 N–H and O–H groups in total. The average Bonchev–Trinajstić information content (AvgIpc) is 3.12. The fourth-order valence-electron chi connectivity index (χ4n) is 2.23. The van der Waals surface area contributed by atoms with Crippen LogP contribution in [0, 0.1) is 0 Å². The van der Waals surface area contributed by atoms with Crippen LogP contribution in [0.5, 0.6) is 5.75 Å². The second kappa shape index (κ2) is 7.56. The van der Waals surface area contributed by atoms with Crippen LogP contribution in [0.4, 0.5) is 0 Å². The van der Waals surface area contributed by atoms with Crippen LogP contribution < -0.4 is 9.46 Å². The summed E-state index contributed by atoms with van der Waals surface area (Å²) in [5, 5.41) is 3.91. The third kappa shape index (κ3) is 4.12. The van der Waals surface area contributed by atoms with Gasteiger partial charge < -0.3 is 9.26 Å². The van der Waals surface area contributed by atoms with Crippen molar-refractivity contribution in [2.75, 3.05) is 7.11 Å². The first-order valence-corrected chi connectivity index (χ1v) is 9.92. The first-order chi connectivity index (χ1) is 12.4. The van der Waals surface area contributed by atoms with Gasteiger partial charge in [0.2, 0.25) is 21.7 Å². The lowest BCUT2D eigenvalue weighted by Crippen LogP contribution is -2.27. The standard InChI is InChI=1S/C17H16BrN3O4S/c1-11(21-26(22,23)15-9-5-13(18)6-10-15)17-19-16(20-25-17)12-3-7-14(24-2)8-4-12/h3-11,21H,1-2H3/t11-/m0/s1. The Morgan fingerprint density at radius 1 is 1.12 bits per heavy atom. The summed E-state index contributed by atoms with van der Waals surface area (Å²) >= 11 is 3.28. The zero-order valence-corrected chi connectivity index (χ0v) is 16.4. The number of aromatic nitrogens is 2. The molecule has 0 aliphatic carbocycles. The van der Waals surface area contributed by atoms with E-state index < -0.39 is 16.1 Å². The van der Waals surface area contributed by atoms with Crippen LogP contribution in [-0.4, -0.2) is 25.7 Å². The van der Waals surface area contributed by atoms with Gasteiger partial charge in [0.15, 0.2) is 0 Å². The molecule has 0 radical (unpaired) electrons. The maximum atomic E-state index is 12.4. The summed E-state index contributed by atoms with van der Waals surface area (Å²) < 4.78 is 38.5. The summed E-state index contributed by atoms with van der Waals surface area (Å²) in [7, 11) is -2.12. The van der Waals surface area contributed by atoms with E-state index in [-0.39, 0.29) is 10.8 Å². The van der Waals surface area contributed by atoms with Gasteiger partial charge in [-0.05, 0) is 55.5 Å². The van der Waals surface area contributed by atoms with Crippen molar-refractivity contribution in [1.82, 2.24) is 14.9 Å². The molecule has 9 heteroatoms. The Balaban J connectivity index is 1.77. The van der Waals surface area contributed by atoms with Crippen molar-refractivity contribution in [3.63, 3.8) is 0 Å². The lowest BCUT2D eigenvalue weighted by Gasteiger charge is -2.10. The van der Waals surface area contributed by atoms with Crippen LogP contribution in [0.2, 0.25) is 0 Å². The quantitative estimate of drug-likeness (QED) is 0.633. The van der Waals surface area contributed by atoms with Crippen LogP contribution in [0.3, 0.4) is 0 Å². The molecule has 0 saturated carbocycles. The van der Waals surface area contributed by atoms with E-state index in [1.54, 1.807) is 50.4 Å². The van der Waals surface area contributed by atoms with Crippen LogP contribution in [0.25, 0.3) is 11.4 Å². The molecule has 0 aliphatic heterocycles. The van der Waals surface area contributed by atoms with Gasteiger partial charge in [-0.25, -0.2) is 8.42 Å². The predicted molar refractivity (Wildman–Crippen MR) is 99.2 cm³/mol. The first-order valence-electron chi connectivity index (χ1n) is 7.65.